The molecular weight excluding hydrogens is 521 g/mol. The van der Waals surface area contributed by atoms with E-state index in [1.165, 1.54) is 60.8 Å². The molecule has 3 rings (SSSR count). The normalized spacial score (nSPS) is 12.5. The zero-order chi connectivity index (χ0) is 23.2. The van der Waals surface area contributed by atoms with Crippen LogP contribution in [0.4, 0.5) is 0 Å². The molecule has 0 bridgehead atoms. The molecule has 174 valence electrons. The van der Waals surface area contributed by atoms with Gasteiger partial charge in [0.05, 0.1) is 0 Å². The van der Waals surface area contributed by atoms with Gasteiger partial charge in [-0.05, 0) is 0 Å². The fraction of sp³-hybridized carbons (Fsp3) is 0.481. The minimum absolute atomic E-state index is 0.367. The van der Waals surface area contributed by atoms with Gasteiger partial charge in [0.15, 0.2) is 0 Å². The maximum atomic E-state index is 13.7. The van der Waals surface area contributed by atoms with Crippen molar-refractivity contribution in [2.45, 2.75) is 84.4 Å². The molecule has 3 aromatic rings. The van der Waals surface area contributed by atoms with Crippen LogP contribution in [0, 0.1) is 6.92 Å². The van der Waals surface area contributed by atoms with Crippen LogP contribution in [0.15, 0.2) is 59.6 Å². The second-order valence-electron chi connectivity index (χ2n) is 9.26. The number of para-hydroxylation sites is 1. The molecule has 1 heterocycles. The molecule has 0 aliphatic heterocycles. The number of hydrogen-bond acceptors (Lipinski definition) is 2. The molecule has 0 N–H and O–H groups in total. The van der Waals surface area contributed by atoms with Gasteiger partial charge in [-0.1, -0.05) is 0 Å². The van der Waals surface area contributed by atoms with Gasteiger partial charge in [-0.2, -0.15) is 0 Å². The van der Waals surface area contributed by atoms with Crippen LogP contribution in [0.2, 0.25) is 13.3 Å². The zero-order valence-electron chi connectivity index (χ0n) is 20.2. The zero-order valence-corrected chi connectivity index (χ0v) is 23.9. The van der Waals surface area contributed by atoms with E-state index in [4.69, 9.17) is 0 Å². The molecule has 3 nitrogen and oxygen atoms in total. The fourth-order valence-corrected chi connectivity index (χ4v) is 23.2. The Morgan fingerprint density at radius 1 is 0.781 bits per heavy atom. The average molecular weight is 560 g/mol. The molecule has 0 unspecified atom stereocenters. The topological polar surface area (TPSA) is 39.1 Å². The van der Waals surface area contributed by atoms with Crippen molar-refractivity contribution in [3.05, 3.63) is 60.3 Å². The van der Waals surface area contributed by atoms with Crippen molar-refractivity contribution in [2.75, 3.05) is 0 Å². The molecule has 0 fully saturated rings. The predicted octanol–water partition coefficient (Wildman–Crippen LogP) is 7.24. The van der Waals surface area contributed by atoms with Crippen molar-refractivity contribution < 1.29 is 8.42 Å². The van der Waals surface area contributed by atoms with E-state index in [2.05, 4.69) is 39.1 Å². The number of aryl methyl sites for hydroxylation is 1. The number of nitrogens with zero attached hydrogens (tertiary/aromatic N) is 1. The van der Waals surface area contributed by atoms with Gasteiger partial charge >= 0.3 is 200 Å². The number of aromatic nitrogens is 1. The summed E-state index contributed by atoms with van der Waals surface area (Å²) in [5, 5.41) is 1.18. The van der Waals surface area contributed by atoms with Gasteiger partial charge < -0.3 is 0 Å². The molecule has 0 radical (unpaired) electrons. The summed E-state index contributed by atoms with van der Waals surface area (Å²) in [5.74, 6) is 0. The molecule has 0 atom stereocenters. The number of unbranched alkanes of at least 4 members (excludes halogenated alkanes) is 3. The predicted molar refractivity (Wildman–Crippen MR) is 140 cm³/mol. The fourth-order valence-electron chi connectivity index (χ4n) is 4.92. The molecule has 0 aliphatic rings. The van der Waals surface area contributed by atoms with Gasteiger partial charge in [0.25, 0.3) is 0 Å². The van der Waals surface area contributed by atoms with Crippen molar-refractivity contribution in [1.82, 2.24) is 3.97 Å². The Morgan fingerprint density at radius 3 is 1.84 bits per heavy atom. The van der Waals surface area contributed by atoms with Gasteiger partial charge in [-0.15, -0.1) is 0 Å². The van der Waals surface area contributed by atoms with Gasteiger partial charge in [0, 0.05) is 0 Å². The number of rotatable bonds is 12. The van der Waals surface area contributed by atoms with Crippen molar-refractivity contribution in [1.29, 1.82) is 0 Å². The van der Waals surface area contributed by atoms with E-state index in [0.29, 0.717) is 4.90 Å². The van der Waals surface area contributed by atoms with Gasteiger partial charge in [-0.3, -0.25) is 0 Å². The second kappa shape index (κ2) is 11.2. The van der Waals surface area contributed by atoms with E-state index in [1.54, 1.807) is 16.1 Å². The molecule has 32 heavy (non-hydrogen) atoms. The van der Waals surface area contributed by atoms with E-state index >= 15 is 0 Å². The summed E-state index contributed by atoms with van der Waals surface area (Å²) >= 11 is -2.81. The van der Waals surface area contributed by atoms with E-state index in [9.17, 15) is 8.42 Å². The van der Waals surface area contributed by atoms with E-state index in [0.717, 1.165) is 11.1 Å². The Morgan fingerprint density at radius 2 is 1.31 bits per heavy atom. The molecule has 0 spiro atoms. The molecule has 0 saturated heterocycles. The third-order valence-electron chi connectivity index (χ3n) is 6.85. The Hall–Kier alpha value is -1.27. The monoisotopic (exact) mass is 561 g/mol. The van der Waals surface area contributed by atoms with Crippen LogP contribution < -0.4 is 3.58 Å². The summed E-state index contributed by atoms with van der Waals surface area (Å²) in [7, 11) is -3.63. The van der Waals surface area contributed by atoms with Crippen molar-refractivity contribution in [3.8, 4) is 0 Å². The van der Waals surface area contributed by atoms with Gasteiger partial charge in [0.1, 0.15) is 0 Å². The third kappa shape index (κ3) is 5.27. The average Bonchev–Trinajstić information content (AvgIpc) is 3.20. The van der Waals surface area contributed by atoms with Gasteiger partial charge in [0.2, 0.25) is 0 Å². The van der Waals surface area contributed by atoms with E-state index < -0.39 is 28.4 Å². The van der Waals surface area contributed by atoms with Crippen LogP contribution in [-0.4, -0.2) is 30.8 Å². The summed E-state index contributed by atoms with van der Waals surface area (Å²) in [6.45, 7) is 8.82. The molecule has 5 heteroatoms. The van der Waals surface area contributed by atoms with Crippen LogP contribution in [0.25, 0.3) is 10.9 Å². The van der Waals surface area contributed by atoms with Crippen molar-refractivity contribution >= 4 is 42.9 Å². The van der Waals surface area contributed by atoms with Crippen LogP contribution in [0.1, 0.15) is 64.9 Å². The first-order valence-corrected chi connectivity index (χ1v) is 21.2. The van der Waals surface area contributed by atoms with Crippen LogP contribution >= 0.6 is 0 Å². The Kier molecular flexibility index (Phi) is 8.90. The van der Waals surface area contributed by atoms with Crippen LogP contribution in [0.5, 0.6) is 0 Å². The van der Waals surface area contributed by atoms with Crippen molar-refractivity contribution in [3.63, 3.8) is 0 Å². The number of hydrogen-bond donors (Lipinski definition) is 0. The summed E-state index contributed by atoms with van der Waals surface area (Å²) in [5.41, 5.74) is 1.91. The first-order chi connectivity index (χ1) is 15.4. The minimum atomic E-state index is -3.63. The first kappa shape index (κ1) is 25.4. The molecule has 0 saturated carbocycles. The second-order valence-corrected chi connectivity index (χ2v) is 24.2. The summed E-state index contributed by atoms with van der Waals surface area (Å²) in [6, 6.07) is 15.4. The maximum absolute atomic E-state index is 13.7. The Bertz CT molecular complexity index is 1090. The molecule has 1 aromatic heterocycles. The Labute approximate surface area is 199 Å². The summed E-state index contributed by atoms with van der Waals surface area (Å²) < 4.78 is 34.5. The van der Waals surface area contributed by atoms with E-state index in [1.807, 2.05) is 31.2 Å². The van der Waals surface area contributed by atoms with Crippen LogP contribution in [-0.2, 0) is 10.0 Å². The quantitative estimate of drug-likeness (QED) is 0.219. The third-order valence-corrected chi connectivity index (χ3v) is 24.2. The number of fused-ring (bicyclic) bond motifs is 1. The van der Waals surface area contributed by atoms with Crippen LogP contribution in [0.3, 0.4) is 0 Å². The SMILES string of the molecule is CCC[CH2][Sn]([CH2]CCC)([CH2]CCC)[c]1cn(S(=O)(=O)c2ccc(C)cc2)c2ccccc12. The standard InChI is InChI=1S/C15H12NO2S.3C4H9.Sn/c1-12-6-8-14(9-7-12)19(17,18)16-11-10-13-4-2-3-5-15(13)16;3*1-3-4-2;/h2-9,11H,1H3;3*1,3-4H2,2H3;. The summed E-state index contributed by atoms with van der Waals surface area (Å²) in [6.07, 6.45) is 9.44. The van der Waals surface area contributed by atoms with E-state index in [-0.39, 0.29) is 0 Å². The summed E-state index contributed by atoms with van der Waals surface area (Å²) in [4.78, 5) is 0.367. The first-order valence-electron chi connectivity index (χ1n) is 12.3. The van der Waals surface area contributed by atoms with Gasteiger partial charge in [-0.25, -0.2) is 0 Å². The number of benzene rings is 2. The molecule has 0 aliphatic carbocycles. The Balaban J connectivity index is 2.23. The van der Waals surface area contributed by atoms with Crippen molar-refractivity contribution in [2.24, 2.45) is 0 Å². The molecule has 2 aromatic carbocycles. The molecule has 0 amide bonds. The molecular formula is C27H39NO2SSn.